The van der Waals surface area contributed by atoms with E-state index < -0.39 is 6.16 Å². The lowest BCUT2D eigenvalue weighted by Gasteiger charge is -2.16. The Morgan fingerprint density at radius 3 is 1.96 bits per heavy atom. The number of rotatable bonds is 5. The Hall–Kier alpha value is -2.29. The Bertz CT molecular complexity index is 775. The Kier molecular flexibility index (Phi) is 6.24. The molecule has 0 fully saturated rings. The molecule has 134 valence electrons. The van der Waals surface area contributed by atoms with Crippen LogP contribution in [0.5, 0.6) is 11.5 Å². The van der Waals surface area contributed by atoms with Crippen molar-refractivity contribution in [3.05, 3.63) is 57.6 Å². The van der Waals surface area contributed by atoms with Crippen LogP contribution < -0.4 is 9.47 Å². The first-order chi connectivity index (χ1) is 11.9. The third kappa shape index (κ3) is 4.04. The molecule has 0 atom stereocenters. The molecule has 0 bridgehead atoms. The van der Waals surface area contributed by atoms with Gasteiger partial charge >= 0.3 is 6.16 Å². The predicted octanol–water partition coefficient (Wildman–Crippen LogP) is 5.88. The lowest BCUT2D eigenvalue weighted by atomic mass is 9.95. The quantitative estimate of drug-likeness (QED) is 0.504. The van der Waals surface area contributed by atoms with Gasteiger partial charge in [0.05, 0.1) is 0 Å². The lowest BCUT2D eigenvalue weighted by Crippen LogP contribution is -2.16. The molecule has 0 spiro atoms. The van der Waals surface area contributed by atoms with Gasteiger partial charge in [0.2, 0.25) is 0 Å². The minimum Gasteiger partial charge on any atom is -0.394 e. The third-order valence-electron chi connectivity index (χ3n) is 4.97. The zero-order chi connectivity index (χ0) is 18.6. The summed E-state index contributed by atoms with van der Waals surface area (Å²) in [4.78, 5) is 12.3. The monoisotopic (exact) mass is 340 g/mol. The summed E-state index contributed by atoms with van der Waals surface area (Å²) in [7, 11) is 0. The van der Waals surface area contributed by atoms with E-state index in [1.807, 2.05) is 45.0 Å². The van der Waals surface area contributed by atoms with Gasteiger partial charge in [0.15, 0.2) is 0 Å². The Labute approximate surface area is 151 Å². The molecule has 0 saturated heterocycles. The van der Waals surface area contributed by atoms with Gasteiger partial charge in [0, 0.05) is 0 Å². The van der Waals surface area contributed by atoms with E-state index in [-0.39, 0.29) is 0 Å². The maximum absolute atomic E-state index is 12.3. The van der Waals surface area contributed by atoms with Crippen molar-refractivity contribution in [2.45, 2.75) is 60.8 Å². The molecule has 2 aromatic rings. The highest BCUT2D eigenvalue weighted by Gasteiger charge is 2.16. The van der Waals surface area contributed by atoms with Gasteiger partial charge in [-0.3, -0.25) is 0 Å². The molecule has 0 heterocycles. The molecule has 25 heavy (non-hydrogen) atoms. The number of carbonyl (C=O) groups is 1. The number of ether oxygens (including phenoxy) is 2. The van der Waals surface area contributed by atoms with Crippen LogP contribution in [-0.2, 0) is 19.3 Å². The summed E-state index contributed by atoms with van der Waals surface area (Å²) in [6.45, 7) is 12.4. The Morgan fingerprint density at radius 2 is 1.36 bits per heavy atom. The van der Waals surface area contributed by atoms with Gasteiger partial charge in [-0.2, -0.15) is 0 Å². The van der Waals surface area contributed by atoms with Crippen molar-refractivity contribution in [2.24, 2.45) is 0 Å². The van der Waals surface area contributed by atoms with Gasteiger partial charge in [-0.15, -0.1) is 0 Å². The molecule has 3 heteroatoms. The van der Waals surface area contributed by atoms with E-state index in [0.29, 0.717) is 11.5 Å². The molecular formula is C22H28O3. The van der Waals surface area contributed by atoms with E-state index in [1.54, 1.807) is 0 Å². The maximum Gasteiger partial charge on any atom is 0.519 e. The molecule has 3 nitrogen and oxygen atoms in total. The second kappa shape index (κ2) is 8.19. The van der Waals surface area contributed by atoms with Crippen molar-refractivity contribution < 1.29 is 14.3 Å². The van der Waals surface area contributed by atoms with Crippen LogP contribution in [0.3, 0.4) is 0 Å². The number of carbonyl (C=O) groups excluding carboxylic acids is 1. The molecule has 2 aromatic carbocycles. The summed E-state index contributed by atoms with van der Waals surface area (Å²) in [5.74, 6) is 1.15. The molecule has 0 aromatic heterocycles. The summed E-state index contributed by atoms with van der Waals surface area (Å²) >= 11 is 0. The second-order valence-electron chi connectivity index (χ2n) is 6.33. The van der Waals surface area contributed by atoms with Gasteiger partial charge in [-0.25, -0.2) is 4.79 Å². The minimum absolute atomic E-state index is 0.548. The maximum atomic E-state index is 12.3. The van der Waals surface area contributed by atoms with E-state index >= 15 is 0 Å². The van der Waals surface area contributed by atoms with Crippen LogP contribution in [0.25, 0.3) is 0 Å². The van der Waals surface area contributed by atoms with Gasteiger partial charge in [0.25, 0.3) is 0 Å². The van der Waals surface area contributed by atoms with Crippen molar-refractivity contribution >= 4 is 6.16 Å². The fourth-order valence-electron chi connectivity index (χ4n) is 3.22. The van der Waals surface area contributed by atoms with E-state index in [0.717, 1.165) is 36.0 Å². The molecule has 0 aliphatic carbocycles. The topological polar surface area (TPSA) is 35.5 Å². The zero-order valence-corrected chi connectivity index (χ0v) is 16.2. The van der Waals surface area contributed by atoms with Crippen molar-refractivity contribution in [2.75, 3.05) is 0 Å². The van der Waals surface area contributed by atoms with Gasteiger partial charge in [-0.1, -0.05) is 32.9 Å². The highest BCUT2D eigenvalue weighted by Crippen LogP contribution is 2.29. The summed E-state index contributed by atoms with van der Waals surface area (Å²) in [5.41, 5.74) is 6.94. The molecule has 0 radical (unpaired) electrons. The fourth-order valence-corrected chi connectivity index (χ4v) is 3.22. The zero-order valence-electron chi connectivity index (χ0n) is 16.2. The SMILES string of the molecule is CCc1ccc(OC(=O)Oc2ccc(C)c(C)c2C)c(CC)c1CC. The van der Waals surface area contributed by atoms with Crippen LogP contribution in [0, 0.1) is 20.8 Å². The van der Waals surface area contributed by atoms with Crippen molar-refractivity contribution in [3.63, 3.8) is 0 Å². The molecule has 0 aliphatic rings. The normalized spacial score (nSPS) is 10.6. The van der Waals surface area contributed by atoms with Crippen molar-refractivity contribution in [1.29, 1.82) is 0 Å². The summed E-state index contributed by atoms with van der Waals surface area (Å²) < 4.78 is 11.0. The first kappa shape index (κ1) is 19.0. The van der Waals surface area contributed by atoms with Gasteiger partial charge < -0.3 is 9.47 Å². The molecule has 0 N–H and O–H groups in total. The molecule has 2 rings (SSSR count). The van der Waals surface area contributed by atoms with Crippen molar-refractivity contribution in [1.82, 2.24) is 0 Å². The number of hydrogen-bond acceptors (Lipinski definition) is 3. The molecule has 0 unspecified atom stereocenters. The van der Waals surface area contributed by atoms with E-state index in [2.05, 4.69) is 20.8 Å². The van der Waals surface area contributed by atoms with Crippen LogP contribution in [-0.4, -0.2) is 6.16 Å². The summed E-state index contributed by atoms with van der Waals surface area (Å²) in [5, 5.41) is 0. The van der Waals surface area contributed by atoms with Crippen molar-refractivity contribution in [3.8, 4) is 11.5 Å². The lowest BCUT2D eigenvalue weighted by molar-refractivity contribution is 0.151. The Balaban J connectivity index is 2.25. The molecule has 0 aliphatic heterocycles. The smallest absolute Gasteiger partial charge is 0.394 e. The number of hydrogen-bond donors (Lipinski definition) is 0. The molecule has 0 amide bonds. The minimum atomic E-state index is -0.688. The van der Waals surface area contributed by atoms with Crippen LogP contribution in [0.15, 0.2) is 24.3 Å². The predicted molar refractivity (Wildman–Crippen MR) is 102 cm³/mol. The van der Waals surface area contributed by atoms with Crippen LogP contribution in [0.1, 0.15) is 54.2 Å². The third-order valence-corrected chi connectivity index (χ3v) is 4.97. The van der Waals surface area contributed by atoms with Gasteiger partial charge in [0.1, 0.15) is 11.5 Å². The first-order valence-electron chi connectivity index (χ1n) is 9.02. The van der Waals surface area contributed by atoms with E-state index in [9.17, 15) is 4.79 Å². The van der Waals surface area contributed by atoms with Crippen LogP contribution in [0.4, 0.5) is 4.79 Å². The first-order valence-corrected chi connectivity index (χ1v) is 9.02. The number of benzene rings is 2. The summed E-state index contributed by atoms with van der Waals surface area (Å²) in [6, 6.07) is 7.69. The average molecular weight is 340 g/mol. The van der Waals surface area contributed by atoms with Gasteiger partial charge in [-0.05, 0) is 85.5 Å². The Morgan fingerprint density at radius 1 is 0.760 bits per heavy atom. The molecular weight excluding hydrogens is 312 g/mol. The second-order valence-corrected chi connectivity index (χ2v) is 6.33. The van der Waals surface area contributed by atoms with Crippen LogP contribution >= 0.6 is 0 Å². The highest BCUT2D eigenvalue weighted by molar-refractivity contribution is 5.69. The highest BCUT2D eigenvalue weighted by atomic mass is 16.7. The average Bonchev–Trinajstić information content (AvgIpc) is 2.61. The van der Waals surface area contributed by atoms with E-state index in [4.69, 9.17) is 9.47 Å². The summed E-state index contributed by atoms with van der Waals surface area (Å²) in [6.07, 6.45) is 2.03. The fraction of sp³-hybridized carbons (Fsp3) is 0.409. The van der Waals surface area contributed by atoms with E-state index in [1.165, 1.54) is 16.7 Å². The largest absolute Gasteiger partial charge is 0.519 e. The number of aryl methyl sites for hydroxylation is 2. The van der Waals surface area contributed by atoms with Crippen LogP contribution in [0.2, 0.25) is 0 Å². The standard InChI is InChI=1S/C22H28O3/c1-7-17-11-13-21(19(9-3)18(17)8-2)25-22(23)24-20-12-10-14(4)15(5)16(20)6/h10-13H,7-9H2,1-6H3. The molecule has 0 saturated carbocycles.